The summed E-state index contributed by atoms with van der Waals surface area (Å²) in [5, 5.41) is 9.68. The van der Waals surface area contributed by atoms with Crippen LogP contribution in [-0.2, 0) is 0 Å². The first-order valence-electron chi connectivity index (χ1n) is 9.07. The van der Waals surface area contributed by atoms with Crippen molar-refractivity contribution in [2.24, 2.45) is 15.8 Å². The number of benzene rings is 2. The van der Waals surface area contributed by atoms with E-state index in [2.05, 4.69) is 11.1 Å². The van der Waals surface area contributed by atoms with Crippen molar-refractivity contribution in [1.82, 2.24) is 0 Å². The van der Waals surface area contributed by atoms with E-state index >= 15 is 0 Å². The predicted molar refractivity (Wildman–Crippen MR) is 111 cm³/mol. The molecule has 2 aliphatic heterocycles. The lowest BCUT2D eigenvalue weighted by atomic mass is 10.0. The number of ether oxygens (including phenoxy) is 1. The van der Waals surface area contributed by atoms with Crippen molar-refractivity contribution >= 4 is 12.1 Å². The van der Waals surface area contributed by atoms with Crippen molar-refractivity contribution in [3.8, 4) is 17.6 Å². The summed E-state index contributed by atoms with van der Waals surface area (Å²) in [7, 11) is 0. The standard InChI is InChI=1S/C23H16N5O/c24-14-18-13-17(9-10-21(18)29-19-7-2-1-3-8-19)23-27-22(16-5-4-6-16)20-15-26-11-12-28(20,23)25/h1-13,15H,25H2/q+1. The summed E-state index contributed by atoms with van der Waals surface area (Å²) in [4.78, 5) is 9.04. The highest BCUT2D eigenvalue weighted by Gasteiger charge is 2.44. The van der Waals surface area contributed by atoms with Gasteiger partial charge in [0.2, 0.25) is 5.70 Å². The molecule has 2 N–H and O–H groups in total. The second-order valence-corrected chi connectivity index (χ2v) is 6.74. The van der Waals surface area contributed by atoms with E-state index in [1.54, 1.807) is 30.7 Å². The molecule has 138 valence electrons. The zero-order chi connectivity index (χ0) is 19.8. The van der Waals surface area contributed by atoms with E-state index in [0.717, 1.165) is 22.5 Å². The lowest BCUT2D eigenvalue weighted by Gasteiger charge is -2.26. The number of nitrogens with zero attached hydrogens (tertiary/aromatic N) is 4. The van der Waals surface area contributed by atoms with Gasteiger partial charge in [0, 0.05) is 5.57 Å². The van der Waals surface area contributed by atoms with Crippen molar-refractivity contribution < 1.29 is 9.33 Å². The van der Waals surface area contributed by atoms with E-state index in [0.29, 0.717) is 22.9 Å². The van der Waals surface area contributed by atoms with Gasteiger partial charge in [-0.15, -0.1) is 4.59 Å². The molecule has 6 heteroatoms. The molecule has 2 heterocycles. The van der Waals surface area contributed by atoms with Gasteiger partial charge in [-0.25, -0.2) is 0 Å². The number of hydrogen-bond donors (Lipinski definition) is 1. The van der Waals surface area contributed by atoms with Crippen LogP contribution in [0.25, 0.3) is 0 Å². The van der Waals surface area contributed by atoms with E-state index in [4.69, 9.17) is 15.6 Å². The molecule has 1 aliphatic carbocycles. The van der Waals surface area contributed by atoms with E-state index in [1.165, 1.54) is 0 Å². The number of nitrogens with two attached hydrogens (primary N) is 1. The maximum atomic E-state index is 9.68. The average Bonchev–Trinajstić information content (AvgIpc) is 3.01. The number of fused-ring (bicyclic) bond motifs is 1. The summed E-state index contributed by atoms with van der Waals surface area (Å²) in [6.45, 7) is 0. The predicted octanol–water partition coefficient (Wildman–Crippen LogP) is 4.06. The molecule has 0 saturated heterocycles. The lowest BCUT2D eigenvalue weighted by Crippen LogP contribution is -2.53. The highest BCUT2D eigenvalue weighted by molar-refractivity contribution is 6.01. The largest absolute Gasteiger partial charge is 0.456 e. The summed E-state index contributed by atoms with van der Waals surface area (Å²) in [5.41, 5.74) is 3.76. The van der Waals surface area contributed by atoms with Gasteiger partial charge >= 0.3 is 0 Å². The quantitative estimate of drug-likeness (QED) is 0.643. The molecule has 0 aromatic heterocycles. The number of amidine groups is 1. The molecule has 1 unspecified atom stereocenters. The summed E-state index contributed by atoms with van der Waals surface area (Å²) < 4.78 is 5.78. The molecule has 0 fully saturated rings. The van der Waals surface area contributed by atoms with Crippen molar-refractivity contribution in [2.75, 3.05) is 0 Å². The van der Waals surface area contributed by atoms with Crippen LogP contribution >= 0.6 is 0 Å². The molecule has 1 atom stereocenters. The molecule has 6 nitrogen and oxygen atoms in total. The Labute approximate surface area is 167 Å². The summed E-state index contributed by atoms with van der Waals surface area (Å²) in [5.74, 6) is 8.49. The minimum Gasteiger partial charge on any atom is -0.456 e. The summed E-state index contributed by atoms with van der Waals surface area (Å²) in [6.07, 6.45) is 11.1. The van der Waals surface area contributed by atoms with Gasteiger partial charge < -0.3 is 4.74 Å². The number of para-hydroxylation sites is 1. The van der Waals surface area contributed by atoms with Gasteiger partial charge in [-0.05, 0) is 30.3 Å². The average molecular weight is 378 g/mol. The van der Waals surface area contributed by atoms with E-state index in [-0.39, 0.29) is 4.59 Å². The Bertz CT molecular complexity index is 1240. The van der Waals surface area contributed by atoms with Gasteiger partial charge in [-0.2, -0.15) is 16.1 Å². The lowest BCUT2D eigenvalue weighted by molar-refractivity contribution is -0.750. The normalized spacial score (nSPS) is 21.2. The Morgan fingerprint density at radius 2 is 1.93 bits per heavy atom. The van der Waals surface area contributed by atoms with E-state index < -0.39 is 0 Å². The zero-order valence-corrected chi connectivity index (χ0v) is 15.4. The molecule has 2 aromatic carbocycles. The van der Waals surface area contributed by atoms with Gasteiger partial charge in [0.25, 0.3) is 5.84 Å². The maximum absolute atomic E-state index is 9.68. The van der Waals surface area contributed by atoms with Crippen LogP contribution in [-0.4, -0.2) is 16.6 Å². The minimum absolute atomic E-state index is 0.0895. The maximum Gasteiger partial charge on any atom is 0.265 e. The molecule has 0 bridgehead atoms. The molecular weight excluding hydrogens is 362 g/mol. The summed E-state index contributed by atoms with van der Waals surface area (Å²) >= 11 is 0. The van der Waals surface area contributed by atoms with Crippen LogP contribution < -0.4 is 10.6 Å². The molecular formula is C23H16N5O+. The first-order valence-corrected chi connectivity index (χ1v) is 9.07. The van der Waals surface area contributed by atoms with E-state index in [9.17, 15) is 5.26 Å². The van der Waals surface area contributed by atoms with Crippen LogP contribution in [0, 0.1) is 11.3 Å². The van der Waals surface area contributed by atoms with Crippen molar-refractivity contribution in [3.63, 3.8) is 0 Å². The molecule has 0 saturated carbocycles. The molecule has 3 aliphatic rings. The van der Waals surface area contributed by atoms with Crippen LogP contribution in [0.15, 0.2) is 106 Å². The number of allylic oxidation sites excluding steroid dienone is 4. The Morgan fingerprint density at radius 1 is 1.10 bits per heavy atom. The molecule has 0 radical (unpaired) electrons. The minimum atomic E-state index is -0.0895. The van der Waals surface area contributed by atoms with Crippen LogP contribution in [0.4, 0.5) is 0 Å². The smallest absolute Gasteiger partial charge is 0.265 e. The Hall–Kier alpha value is -4.05. The van der Waals surface area contributed by atoms with Gasteiger partial charge in [-0.1, -0.05) is 36.4 Å². The SMILES string of the molecule is N#Cc1cc(C2=NC(C3=CC=C3)=C3C=NC=C[N+]23N)ccc1Oc1ccccc1. The molecule has 2 aromatic rings. The summed E-state index contributed by atoms with van der Waals surface area (Å²) in [6, 6.07) is 17.0. The highest BCUT2D eigenvalue weighted by Crippen LogP contribution is 2.37. The number of rotatable bonds is 4. The second kappa shape index (κ2) is 6.53. The zero-order valence-electron chi connectivity index (χ0n) is 15.4. The number of quaternary nitrogens is 1. The topological polar surface area (TPSA) is 83.8 Å². The number of nitriles is 1. The fourth-order valence-electron chi connectivity index (χ4n) is 3.40. The third kappa shape index (κ3) is 2.74. The van der Waals surface area contributed by atoms with Crippen LogP contribution in [0.3, 0.4) is 0 Å². The Balaban J connectivity index is 1.55. The van der Waals surface area contributed by atoms with Gasteiger partial charge in [-0.3, -0.25) is 4.99 Å². The molecule has 0 amide bonds. The van der Waals surface area contributed by atoms with Gasteiger partial charge in [0.15, 0.2) is 0 Å². The molecule has 0 spiro atoms. The Morgan fingerprint density at radius 3 is 2.66 bits per heavy atom. The van der Waals surface area contributed by atoms with Crippen LogP contribution in [0.1, 0.15) is 11.1 Å². The second-order valence-electron chi connectivity index (χ2n) is 6.74. The van der Waals surface area contributed by atoms with Gasteiger partial charge in [0.1, 0.15) is 29.5 Å². The van der Waals surface area contributed by atoms with Crippen LogP contribution in [0.5, 0.6) is 11.5 Å². The van der Waals surface area contributed by atoms with Crippen molar-refractivity contribution in [3.05, 3.63) is 107 Å². The van der Waals surface area contributed by atoms with E-state index in [1.807, 2.05) is 54.6 Å². The van der Waals surface area contributed by atoms with Crippen LogP contribution in [0.2, 0.25) is 0 Å². The third-order valence-corrected chi connectivity index (χ3v) is 4.95. The third-order valence-electron chi connectivity index (χ3n) is 4.95. The fourth-order valence-corrected chi connectivity index (χ4v) is 3.40. The fraction of sp³-hybridized carbons (Fsp3) is 0. The van der Waals surface area contributed by atoms with Gasteiger partial charge in [0.05, 0.1) is 23.5 Å². The monoisotopic (exact) mass is 378 g/mol. The molecule has 29 heavy (non-hydrogen) atoms. The first-order chi connectivity index (χ1) is 14.2. The van der Waals surface area contributed by atoms with Crippen molar-refractivity contribution in [1.29, 1.82) is 5.26 Å². The first kappa shape index (κ1) is 17.1. The molecule has 5 rings (SSSR count). The Kier molecular flexibility index (Phi) is 3.85. The number of aliphatic imine (C=N–C) groups is 2. The number of hydrogen-bond acceptors (Lipinski definition) is 5. The van der Waals surface area contributed by atoms with Crippen molar-refractivity contribution in [2.45, 2.75) is 0 Å². The highest BCUT2D eigenvalue weighted by atomic mass is 16.5.